The van der Waals surface area contributed by atoms with E-state index in [-0.39, 0.29) is 0 Å². The number of rotatable bonds is 6. The molecule has 5 heteroatoms. The van der Waals surface area contributed by atoms with Gasteiger partial charge in [0.1, 0.15) is 5.03 Å². The van der Waals surface area contributed by atoms with Crippen molar-refractivity contribution in [3.8, 4) is 0 Å². The van der Waals surface area contributed by atoms with Crippen LogP contribution in [-0.2, 0) is 6.54 Å². The van der Waals surface area contributed by atoms with E-state index in [0.29, 0.717) is 5.02 Å². The first kappa shape index (κ1) is 15.6. The molecule has 20 heavy (non-hydrogen) atoms. The molecule has 0 aliphatic rings. The van der Waals surface area contributed by atoms with Gasteiger partial charge in [0.05, 0.1) is 10.0 Å². The summed E-state index contributed by atoms with van der Waals surface area (Å²) < 4.78 is 0. The molecule has 2 aromatic rings. The monoisotopic (exact) mass is 326 g/mol. The first-order valence-corrected chi connectivity index (χ1v) is 8.05. The molecule has 2 rings (SSSR count). The normalized spacial score (nSPS) is 10.8. The summed E-state index contributed by atoms with van der Waals surface area (Å²) in [6.45, 7) is 4.00. The highest BCUT2D eigenvalue weighted by Gasteiger charge is 2.07. The van der Waals surface area contributed by atoms with Gasteiger partial charge in [-0.25, -0.2) is 4.98 Å². The molecule has 0 unspecified atom stereocenters. The van der Waals surface area contributed by atoms with Gasteiger partial charge >= 0.3 is 0 Å². The molecule has 2 nitrogen and oxygen atoms in total. The molecule has 0 bridgehead atoms. The van der Waals surface area contributed by atoms with Gasteiger partial charge in [0, 0.05) is 17.6 Å². The molecule has 0 aliphatic heterocycles. The van der Waals surface area contributed by atoms with Crippen LogP contribution in [0.15, 0.2) is 46.5 Å². The van der Waals surface area contributed by atoms with Crippen LogP contribution < -0.4 is 5.32 Å². The van der Waals surface area contributed by atoms with E-state index in [1.807, 2.05) is 24.3 Å². The molecule has 0 fully saturated rings. The maximum Gasteiger partial charge on any atom is 0.119 e. The Morgan fingerprint density at radius 1 is 1.20 bits per heavy atom. The van der Waals surface area contributed by atoms with Crippen LogP contribution in [0.4, 0.5) is 0 Å². The van der Waals surface area contributed by atoms with Crippen molar-refractivity contribution in [2.45, 2.75) is 29.8 Å². The lowest BCUT2D eigenvalue weighted by Crippen LogP contribution is -2.13. The van der Waals surface area contributed by atoms with Gasteiger partial charge in [-0.2, -0.15) is 0 Å². The summed E-state index contributed by atoms with van der Waals surface area (Å²) in [5.41, 5.74) is 1.18. The zero-order chi connectivity index (χ0) is 14.4. The number of benzene rings is 1. The van der Waals surface area contributed by atoms with Gasteiger partial charge in [0.25, 0.3) is 0 Å². The molecule has 1 aromatic carbocycles. The number of pyridine rings is 1. The van der Waals surface area contributed by atoms with E-state index in [2.05, 4.69) is 23.3 Å². The van der Waals surface area contributed by atoms with E-state index in [9.17, 15) is 0 Å². The second-order valence-electron chi connectivity index (χ2n) is 4.33. The summed E-state index contributed by atoms with van der Waals surface area (Å²) in [6, 6.07) is 9.72. The number of nitrogens with zero attached hydrogens (tertiary/aromatic N) is 1. The Morgan fingerprint density at radius 3 is 2.75 bits per heavy atom. The van der Waals surface area contributed by atoms with Crippen LogP contribution >= 0.6 is 35.0 Å². The first-order chi connectivity index (χ1) is 9.70. The van der Waals surface area contributed by atoms with E-state index in [0.717, 1.165) is 34.5 Å². The van der Waals surface area contributed by atoms with Gasteiger partial charge in [0.15, 0.2) is 0 Å². The molecule has 0 saturated carbocycles. The van der Waals surface area contributed by atoms with Crippen molar-refractivity contribution in [3.05, 3.63) is 52.1 Å². The van der Waals surface area contributed by atoms with Crippen LogP contribution in [0.2, 0.25) is 10.0 Å². The van der Waals surface area contributed by atoms with Crippen LogP contribution in [0.5, 0.6) is 0 Å². The standard InChI is InChI=1S/C15H16Cl2N2S/c1-2-7-18-10-11-5-6-14(13(17)9-11)20-15-12(16)4-3-8-19-15/h3-6,8-9,18H,2,7,10H2,1H3. The number of nitrogens with one attached hydrogen (secondary N) is 1. The van der Waals surface area contributed by atoms with Crippen molar-refractivity contribution < 1.29 is 0 Å². The highest BCUT2D eigenvalue weighted by Crippen LogP contribution is 2.35. The molecule has 1 N–H and O–H groups in total. The SMILES string of the molecule is CCCNCc1ccc(Sc2ncccc2Cl)c(Cl)c1. The van der Waals surface area contributed by atoms with E-state index < -0.39 is 0 Å². The topological polar surface area (TPSA) is 24.9 Å². The molecule has 0 radical (unpaired) electrons. The number of halogens is 2. The lowest BCUT2D eigenvalue weighted by Gasteiger charge is -2.08. The summed E-state index contributed by atoms with van der Waals surface area (Å²) in [5.74, 6) is 0. The maximum absolute atomic E-state index is 6.32. The maximum atomic E-state index is 6.32. The molecule has 1 heterocycles. The van der Waals surface area contributed by atoms with E-state index in [1.54, 1.807) is 6.20 Å². The van der Waals surface area contributed by atoms with E-state index in [4.69, 9.17) is 23.2 Å². The van der Waals surface area contributed by atoms with Crippen molar-refractivity contribution in [2.24, 2.45) is 0 Å². The van der Waals surface area contributed by atoms with E-state index in [1.165, 1.54) is 17.3 Å². The van der Waals surface area contributed by atoms with Crippen LogP contribution in [0.25, 0.3) is 0 Å². The third-order valence-electron chi connectivity index (χ3n) is 2.68. The third kappa shape index (κ3) is 4.38. The Kier molecular flexibility index (Phi) is 6.17. The fraction of sp³-hybridized carbons (Fsp3) is 0.267. The minimum atomic E-state index is 0.641. The largest absolute Gasteiger partial charge is 0.313 e. The lowest BCUT2D eigenvalue weighted by atomic mass is 10.2. The van der Waals surface area contributed by atoms with Crippen LogP contribution in [-0.4, -0.2) is 11.5 Å². The fourth-order valence-electron chi connectivity index (χ4n) is 1.70. The van der Waals surface area contributed by atoms with Gasteiger partial charge in [-0.1, -0.05) is 48.0 Å². The van der Waals surface area contributed by atoms with Crippen molar-refractivity contribution >= 4 is 35.0 Å². The van der Waals surface area contributed by atoms with Gasteiger partial charge in [-0.15, -0.1) is 0 Å². The molecule has 0 aliphatic carbocycles. The quantitative estimate of drug-likeness (QED) is 0.753. The van der Waals surface area contributed by atoms with Gasteiger partial charge in [-0.3, -0.25) is 0 Å². The van der Waals surface area contributed by atoms with Crippen molar-refractivity contribution in [3.63, 3.8) is 0 Å². The second-order valence-corrected chi connectivity index (χ2v) is 6.18. The van der Waals surface area contributed by atoms with Crippen molar-refractivity contribution in [1.82, 2.24) is 10.3 Å². The summed E-state index contributed by atoms with van der Waals surface area (Å²) in [7, 11) is 0. The number of hydrogen-bond acceptors (Lipinski definition) is 3. The Hall–Kier alpha value is -0.740. The fourth-order valence-corrected chi connectivity index (χ4v) is 3.03. The van der Waals surface area contributed by atoms with Crippen LogP contribution in [0.3, 0.4) is 0 Å². The smallest absolute Gasteiger partial charge is 0.119 e. The summed E-state index contributed by atoms with van der Waals surface area (Å²) in [6.07, 6.45) is 2.85. The van der Waals surface area contributed by atoms with Crippen LogP contribution in [0, 0.1) is 0 Å². The Morgan fingerprint density at radius 2 is 2.05 bits per heavy atom. The molecule has 1 aromatic heterocycles. The highest BCUT2D eigenvalue weighted by molar-refractivity contribution is 7.99. The molecule has 106 valence electrons. The summed E-state index contributed by atoms with van der Waals surface area (Å²) >= 11 is 13.9. The minimum absolute atomic E-state index is 0.641. The molecule has 0 spiro atoms. The Labute approximate surface area is 133 Å². The zero-order valence-corrected chi connectivity index (χ0v) is 13.5. The number of hydrogen-bond donors (Lipinski definition) is 1. The third-order valence-corrected chi connectivity index (χ3v) is 4.62. The highest BCUT2D eigenvalue weighted by atomic mass is 35.5. The lowest BCUT2D eigenvalue weighted by molar-refractivity contribution is 0.675. The van der Waals surface area contributed by atoms with Gasteiger partial charge in [0.2, 0.25) is 0 Å². The predicted octanol–water partition coefficient (Wildman–Crippen LogP) is 5.04. The van der Waals surface area contributed by atoms with Crippen LogP contribution in [0.1, 0.15) is 18.9 Å². The van der Waals surface area contributed by atoms with Gasteiger partial charge < -0.3 is 5.32 Å². The molecular weight excluding hydrogens is 311 g/mol. The average molecular weight is 327 g/mol. The van der Waals surface area contributed by atoms with Crippen molar-refractivity contribution in [2.75, 3.05) is 6.54 Å². The average Bonchev–Trinajstić information content (AvgIpc) is 2.44. The Balaban J connectivity index is 2.08. The van der Waals surface area contributed by atoms with Crippen molar-refractivity contribution in [1.29, 1.82) is 0 Å². The minimum Gasteiger partial charge on any atom is -0.313 e. The summed E-state index contributed by atoms with van der Waals surface area (Å²) in [5, 5.41) is 5.50. The van der Waals surface area contributed by atoms with Gasteiger partial charge in [-0.05, 0) is 42.8 Å². The second kappa shape index (κ2) is 7.89. The molecule has 0 atom stereocenters. The van der Waals surface area contributed by atoms with E-state index >= 15 is 0 Å². The molecule has 0 amide bonds. The first-order valence-electron chi connectivity index (χ1n) is 6.48. The molecular formula is C15H16Cl2N2S. The summed E-state index contributed by atoms with van der Waals surface area (Å²) in [4.78, 5) is 5.22. The predicted molar refractivity (Wildman–Crippen MR) is 86.8 cm³/mol. The number of aromatic nitrogens is 1. The molecule has 0 saturated heterocycles. The zero-order valence-electron chi connectivity index (χ0n) is 11.2. The Bertz CT molecular complexity index is 576.